The predicted molar refractivity (Wildman–Crippen MR) is 91.0 cm³/mol. The Labute approximate surface area is 141 Å². The van der Waals surface area contributed by atoms with E-state index in [1.54, 1.807) is 24.1 Å². The van der Waals surface area contributed by atoms with Gasteiger partial charge in [0, 0.05) is 17.8 Å². The molecule has 0 aliphatic heterocycles. The second kappa shape index (κ2) is 8.02. The van der Waals surface area contributed by atoms with Crippen LogP contribution in [-0.2, 0) is 6.42 Å². The Morgan fingerprint density at radius 3 is 2.87 bits per heavy atom. The molecule has 1 aromatic heterocycles. The molecule has 1 heterocycles. The minimum Gasteiger partial charge on any atom is -0.492 e. The molecule has 1 N–H and O–H groups in total. The molecule has 0 aliphatic rings. The first kappa shape index (κ1) is 17.3. The number of halogens is 1. The fourth-order valence-electron chi connectivity index (χ4n) is 2.17. The lowest BCUT2D eigenvalue weighted by atomic mass is 10.1. The molecule has 124 valence electrons. The molecule has 0 atom stereocenters. The normalized spacial score (nSPS) is 10.8. The van der Waals surface area contributed by atoms with E-state index in [1.165, 1.54) is 0 Å². The summed E-state index contributed by atoms with van der Waals surface area (Å²) in [6, 6.07) is 9.01. The van der Waals surface area contributed by atoms with Crippen molar-refractivity contribution in [1.29, 1.82) is 0 Å². The summed E-state index contributed by atoms with van der Waals surface area (Å²) in [5.41, 5.74) is 1.41. The molecule has 23 heavy (non-hydrogen) atoms. The number of nitrogens with one attached hydrogen (secondary N) is 1. The molecule has 0 bridgehead atoms. The van der Waals surface area contributed by atoms with Crippen molar-refractivity contribution < 1.29 is 9.53 Å². The molecule has 0 saturated heterocycles. The van der Waals surface area contributed by atoms with Crippen LogP contribution in [0.1, 0.15) is 30.0 Å². The number of ether oxygens (including phenoxy) is 1. The monoisotopic (exact) mass is 335 g/mol. The summed E-state index contributed by atoms with van der Waals surface area (Å²) in [5.74, 6) is 1.09. The molecular formula is C17H22ClN3O2. The highest BCUT2D eigenvalue weighted by molar-refractivity contribution is 6.30. The van der Waals surface area contributed by atoms with E-state index < -0.39 is 0 Å². The molecule has 1 aromatic carbocycles. The van der Waals surface area contributed by atoms with Crippen LogP contribution in [0.15, 0.2) is 30.3 Å². The predicted octanol–water partition coefficient (Wildman–Crippen LogP) is 3.41. The van der Waals surface area contributed by atoms with E-state index in [1.807, 2.05) is 18.2 Å². The Bertz CT molecular complexity index is 655. The SMILES string of the molecule is CC(C)Cc1cc(C(=O)N(C)CCOc2cccc(Cl)c2)n[nH]1. The fourth-order valence-corrected chi connectivity index (χ4v) is 2.35. The largest absolute Gasteiger partial charge is 0.492 e. The van der Waals surface area contributed by atoms with Crippen molar-refractivity contribution in [3.8, 4) is 5.75 Å². The maximum atomic E-state index is 12.3. The number of nitrogens with zero attached hydrogens (tertiary/aromatic N) is 2. The van der Waals surface area contributed by atoms with Crippen molar-refractivity contribution in [1.82, 2.24) is 15.1 Å². The molecule has 0 fully saturated rings. The van der Waals surface area contributed by atoms with Crippen LogP contribution in [0.3, 0.4) is 0 Å². The van der Waals surface area contributed by atoms with Crippen molar-refractivity contribution >= 4 is 17.5 Å². The summed E-state index contributed by atoms with van der Waals surface area (Å²) >= 11 is 5.90. The van der Waals surface area contributed by atoms with E-state index in [2.05, 4.69) is 24.0 Å². The lowest BCUT2D eigenvalue weighted by molar-refractivity contribution is 0.0768. The number of aromatic nitrogens is 2. The first-order chi connectivity index (χ1) is 11.0. The van der Waals surface area contributed by atoms with Crippen LogP contribution in [0.5, 0.6) is 5.75 Å². The summed E-state index contributed by atoms with van der Waals surface area (Å²) < 4.78 is 5.59. The molecule has 0 spiro atoms. The van der Waals surface area contributed by atoms with Gasteiger partial charge in [0.1, 0.15) is 18.1 Å². The number of H-pyrrole nitrogens is 1. The zero-order valence-corrected chi connectivity index (χ0v) is 14.4. The number of aromatic amines is 1. The zero-order chi connectivity index (χ0) is 16.8. The third-order valence-electron chi connectivity index (χ3n) is 3.32. The van der Waals surface area contributed by atoms with Gasteiger partial charge in [-0.05, 0) is 36.6 Å². The summed E-state index contributed by atoms with van der Waals surface area (Å²) in [6.45, 7) is 5.12. The van der Waals surface area contributed by atoms with Crippen molar-refractivity contribution in [3.63, 3.8) is 0 Å². The van der Waals surface area contributed by atoms with Gasteiger partial charge in [-0.3, -0.25) is 9.89 Å². The molecule has 5 nitrogen and oxygen atoms in total. The smallest absolute Gasteiger partial charge is 0.274 e. The number of benzene rings is 1. The van der Waals surface area contributed by atoms with Gasteiger partial charge in [-0.25, -0.2) is 0 Å². The summed E-state index contributed by atoms with van der Waals surface area (Å²) in [4.78, 5) is 13.9. The number of hydrogen-bond donors (Lipinski definition) is 1. The summed E-state index contributed by atoms with van der Waals surface area (Å²) in [6.07, 6.45) is 0.877. The Balaban J connectivity index is 1.84. The minimum absolute atomic E-state index is 0.119. The lowest BCUT2D eigenvalue weighted by Crippen LogP contribution is -2.31. The summed E-state index contributed by atoms with van der Waals surface area (Å²) in [5, 5.41) is 7.64. The van der Waals surface area contributed by atoms with E-state index in [0.717, 1.165) is 12.1 Å². The number of hydrogen-bond acceptors (Lipinski definition) is 3. The van der Waals surface area contributed by atoms with Gasteiger partial charge in [-0.1, -0.05) is 31.5 Å². The van der Waals surface area contributed by atoms with Gasteiger partial charge in [0.05, 0.1) is 6.54 Å². The average Bonchev–Trinajstić information content (AvgIpc) is 2.94. The van der Waals surface area contributed by atoms with Crippen molar-refractivity contribution in [2.24, 2.45) is 5.92 Å². The Morgan fingerprint density at radius 1 is 1.39 bits per heavy atom. The van der Waals surface area contributed by atoms with Crippen LogP contribution in [-0.4, -0.2) is 41.2 Å². The van der Waals surface area contributed by atoms with Crippen LogP contribution in [0.2, 0.25) is 5.02 Å². The molecule has 0 radical (unpaired) electrons. The van der Waals surface area contributed by atoms with Gasteiger partial charge in [-0.2, -0.15) is 5.10 Å². The van der Waals surface area contributed by atoms with Crippen LogP contribution >= 0.6 is 11.6 Å². The quantitative estimate of drug-likeness (QED) is 0.843. The second-order valence-electron chi connectivity index (χ2n) is 5.91. The van der Waals surface area contributed by atoms with Gasteiger partial charge >= 0.3 is 0 Å². The number of amides is 1. The Morgan fingerprint density at radius 2 is 2.17 bits per heavy atom. The molecule has 0 aliphatic carbocycles. The molecule has 2 rings (SSSR count). The summed E-state index contributed by atoms with van der Waals surface area (Å²) in [7, 11) is 1.74. The fraction of sp³-hybridized carbons (Fsp3) is 0.412. The topological polar surface area (TPSA) is 58.2 Å². The molecule has 2 aromatic rings. The second-order valence-corrected chi connectivity index (χ2v) is 6.35. The molecule has 0 saturated carbocycles. The molecule has 6 heteroatoms. The van der Waals surface area contributed by atoms with Crippen molar-refractivity contribution in [3.05, 3.63) is 46.7 Å². The first-order valence-electron chi connectivity index (χ1n) is 7.64. The van der Waals surface area contributed by atoms with E-state index >= 15 is 0 Å². The highest BCUT2D eigenvalue weighted by Crippen LogP contribution is 2.17. The maximum absolute atomic E-state index is 12.3. The molecular weight excluding hydrogens is 314 g/mol. The first-order valence-corrected chi connectivity index (χ1v) is 8.01. The van der Waals surface area contributed by atoms with Gasteiger partial charge in [-0.15, -0.1) is 0 Å². The van der Waals surface area contributed by atoms with Crippen molar-refractivity contribution in [2.75, 3.05) is 20.2 Å². The Kier molecular flexibility index (Phi) is 6.04. The number of carbonyl (C=O) groups excluding carboxylic acids is 1. The highest BCUT2D eigenvalue weighted by atomic mass is 35.5. The number of likely N-dealkylation sites (N-methyl/N-ethyl adjacent to an activating group) is 1. The maximum Gasteiger partial charge on any atom is 0.274 e. The van der Waals surface area contributed by atoms with Gasteiger partial charge in [0.2, 0.25) is 0 Å². The zero-order valence-electron chi connectivity index (χ0n) is 13.7. The van der Waals surface area contributed by atoms with Crippen LogP contribution in [0.4, 0.5) is 0 Å². The molecule has 0 unspecified atom stereocenters. The van der Waals surface area contributed by atoms with Crippen LogP contribution in [0.25, 0.3) is 0 Å². The highest BCUT2D eigenvalue weighted by Gasteiger charge is 2.15. The lowest BCUT2D eigenvalue weighted by Gasteiger charge is -2.16. The Hall–Kier alpha value is -2.01. The van der Waals surface area contributed by atoms with E-state index in [4.69, 9.17) is 16.3 Å². The number of rotatable bonds is 7. The minimum atomic E-state index is -0.119. The van der Waals surface area contributed by atoms with E-state index in [-0.39, 0.29) is 5.91 Å². The van der Waals surface area contributed by atoms with Crippen molar-refractivity contribution in [2.45, 2.75) is 20.3 Å². The van der Waals surface area contributed by atoms with Gasteiger partial charge in [0.25, 0.3) is 5.91 Å². The third kappa shape index (κ3) is 5.28. The molecule has 1 amide bonds. The van der Waals surface area contributed by atoms with E-state index in [0.29, 0.717) is 35.5 Å². The number of carbonyl (C=O) groups is 1. The van der Waals surface area contributed by atoms with E-state index in [9.17, 15) is 4.79 Å². The standard InChI is InChI=1S/C17H22ClN3O2/c1-12(2)9-14-11-16(20-19-14)17(22)21(3)7-8-23-15-6-4-5-13(18)10-15/h4-6,10-12H,7-9H2,1-3H3,(H,19,20). The third-order valence-corrected chi connectivity index (χ3v) is 3.55. The average molecular weight is 336 g/mol. The van der Waals surface area contributed by atoms with Gasteiger partial charge in [0.15, 0.2) is 0 Å². The van der Waals surface area contributed by atoms with Crippen LogP contribution in [0, 0.1) is 5.92 Å². The van der Waals surface area contributed by atoms with Crippen LogP contribution < -0.4 is 4.74 Å². The van der Waals surface area contributed by atoms with Gasteiger partial charge < -0.3 is 9.64 Å².